The van der Waals surface area contributed by atoms with E-state index in [-0.39, 0.29) is 24.3 Å². The minimum atomic E-state index is -0.525. The van der Waals surface area contributed by atoms with E-state index in [0.29, 0.717) is 10.0 Å². The number of carbonyl (C=O) groups is 2. The number of rotatable bonds is 3. The summed E-state index contributed by atoms with van der Waals surface area (Å²) in [7, 11) is 0. The Labute approximate surface area is 134 Å². The molecule has 1 fully saturated rings. The molecule has 0 aromatic heterocycles. The maximum absolute atomic E-state index is 12.6. The smallest absolute Gasteiger partial charge is 0.246 e. The summed E-state index contributed by atoms with van der Waals surface area (Å²) in [6, 6.07) is 4.09. The van der Waals surface area contributed by atoms with E-state index in [9.17, 15) is 9.59 Å². The molecule has 2 atom stereocenters. The van der Waals surface area contributed by atoms with E-state index in [1.807, 2.05) is 13.8 Å². The van der Waals surface area contributed by atoms with Crippen molar-refractivity contribution in [2.45, 2.75) is 39.4 Å². The molecule has 1 heterocycles. The van der Waals surface area contributed by atoms with E-state index < -0.39 is 12.1 Å². The van der Waals surface area contributed by atoms with Crippen molar-refractivity contribution in [1.29, 1.82) is 0 Å². The Morgan fingerprint density at radius 2 is 1.95 bits per heavy atom. The molecule has 0 radical (unpaired) electrons. The van der Waals surface area contributed by atoms with Crippen LogP contribution < -0.4 is 5.32 Å². The molecule has 0 aliphatic carbocycles. The van der Waals surface area contributed by atoms with Gasteiger partial charge in [0.25, 0.3) is 0 Å². The predicted octanol–water partition coefficient (Wildman–Crippen LogP) is 2.86. The number of carbonyl (C=O) groups excluding carboxylic acids is 2. The van der Waals surface area contributed by atoms with Crippen molar-refractivity contribution >= 4 is 35.0 Å². The maximum Gasteiger partial charge on any atom is 0.246 e. The SMILES string of the molecule is CC(C)C1NC(=O)C(C)N(Cc2cc(Cl)ccc2Cl)C1=O. The lowest BCUT2D eigenvalue weighted by atomic mass is 9.98. The van der Waals surface area contributed by atoms with Crippen molar-refractivity contribution < 1.29 is 9.59 Å². The number of halogens is 2. The van der Waals surface area contributed by atoms with Gasteiger partial charge >= 0.3 is 0 Å². The van der Waals surface area contributed by atoms with Crippen LogP contribution in [0.3, 0.4) is 0 Å². The average Bonchev–Trinajstić information content (AvgIpc) is 2.42. The van der Waals surface area contributed by atoms with Crippen molar-refractivity contribution in [3.63, 3.8) is 0 Å². The number of piperazine rings is 1. The summed E-state index contributed by atoms with van der Waals surface area (Å²) in [5, 5.41) is 3.85. The van der Waals surface area contributed by atoms with Gasteiger partial charge in [-0.05, 0) is 36.6 Å². The summed E-state index contributed by atoms with van der Waals surface area (Å²) >= 11 is 12.1. The molecule has 2 unspecified atom stereocenters. The number of nitrogens with one attached hydrogen (secondary N) is 1. The first-order valence-corrected chi connectivity index (χ1v) is 7.61. The number of nitrogens with zero attached hydrogens (tertiary/aromatic N) is 1. The zero-order valence-electron chi connectivity index (χ0n) is 12.2. The third-order valence-corrected chi connectivity index (χ3v) is 4.31. The quantitative estimate of drug-likeness (QED) is 0.927. The highest BCUT2D eigenvalue weighted by atomic mass is 35.5. The third kappa shape index (κ3) is 3.33. The van der Waals surface area contributed by atoms with Crippen LogP contribution in [0.25, 0.3) is 0 Å². The zero-order chi connectivity index (χ0) is 15.7. The van der Waals surface area contributed by atoms with Gasteiger partial charge in [-0.3, -0.25) is 9.59 Å². The molecule has 0 saturated carbocycles. The lowest BCUT2D eigenvalue weighted by molar-refractivity contribution is -0.150. The molecule has 4 nitrogen and oxygen atoms in total. The van der Waals surface area contributed by atoms with Crippen LogP contribution in [0.15, 0.2) is 18.2 Å². The second kappa shape index (κ2) is 6.24. The van der Waals surface area contributed by atoms with E-state index in [1.54, 1.807) is 30.0 Å². The highest BCUT2D eigenvalue weighted by molar-refractivity contribution is 6.33. The van der Waals surface area contributed by atoms with Crippen LogP contribution in [0.4, 0.5) is 0 Å². The normalized spacial score (nSPS) is 22.7. The molecule has 1 saturated heterocycles. The maximum atomic E-state index is 12.6. The standard InChI is InChI=1S/C15H18Cl2N2O2/c1-8(2)13-15(21)19(9(3)14(20)18-13)7-10-6-11(16)4-5-12(10)17/h4-6,8-9,13H,7H2,1-3H3,(H,18,20). The van der Waals surface area contributed by atoms with Gasteiger partial charge in [0.1, 0.15) is 12.1 Å². The number of hydrogen-bond acceptors (Lipinski definition) is 2. The number of hydrogen-bond donors (Lipinski definition) is 1. The lowest BCUT2D eigenvalue weighted by Gasteiger charge is -2.39. The molecule has 0 bridgehead atoms. The second-order valence-corrected chi connectivity index (χ2v) is 6.45. The fourth-order valence-corrected chi connectivity index (χ4v) is 2.73. The van der Waals surface area contributed by atoms with Crippen molar-refractivity contribution in [1.82, 2.24) is 10.2 Å². The van der Waals surface area contributed by atoms with Crippen molar-refractivity contribution in [3.05, 3.63) is 33.8 Å². The Hall–Kier alpha value is -1.26. The highest BCUT2D eigenvalue weighted by Gasteiger charge is 2.39. The van der Waals surface area contributed by atoms with E-state index in [2.05, 4.69) is 5.32 Å². The van der Waals surface area contributed by atoms with Crippen LogP contribution in [0.1, 0.15) is 26.3 Å². The van der Waals surface area contributed by atoms with Gasteiger partial charge in [0.2, 0.25) is 11.8 Å². The average molecular weight is 329 g/mol. The molecule has 2 rings (SSSR count). The first-order chi connectivity index (χ1) is 9.81. The first-order valence-electron chi connectivity index (χ1n) is 6.86. The second-order valence-electron chi connectivity index (χ2n) is 5.61. The van der Waals surface area contributed by atoms with Crippen LogP contribution in [-0.2, 0) is 16.1 Å². The largest absolute Gasteiger partial charge is 0.342 e. The summed E-state index contributed by atoms with van der Waals surface area (Å²) in [5.41, 5.74) is 0.738. The van der Waals surface area contributed by atoms with E-state index in [4.69, 9.17) is 23.2 Å². The van der Waals surface area contributed by atoms with Gasteiger partial charge in [0, 0.05) is 16.6 Å². The fraction of sp³-hybridized carbons (Fsp3) is 0.467. The molecule has 1 aromatic carbocycles. The van der Waals surface area contributed by atoms with Crippen LogP contribution in [0, 0.1) is 5.92 Å². The van der Waals surface area contributed by atoms with Gasteiger partial charge in [0.15, 0.2) is 0 Å². The summed E-state index contributed by atoms with van der Waals surface area (Å²) in [4.78, 5) is 26.2. The van der Waals surface area contributed by atoms with Crippen molar-refractivity contribution in [2.24, 2.45) is 5.92 Å². The van der Waals surface area contributed by atoms with Crippen LogP contribution in [0.2, 0.25) is 10.0 Å². The van der Waals surface area contributed by atoms with Gasteiger partial charge in [-0.15, -0.1) is 0 Å². The molecular weight excluding hydrogens is 311 g/mol. The van der Waals surface area contributed by atoms with Crippen LogP contribution in [-0.4, -0.2) is 28.8 Å². The highest BCUT2D eigenvalue weighted by Crippen LogP contribution is 2.25. The minimum absolute atomic E-state index is 0.0336. The summed E-state index contributed by atoms with van der Waals surface area (Å²) in [6.07, 6.45) is 0. The van der Waals surface area contributed by atoms with Gasteiger partial charge in [-0.1, -0.05) is 37.0 Å². The van der Waals surface area contributed by atoms with Crippen molar-refractivity contribution in [3.8, 4) is 0 Å². The number of amides is 2. The zero-order valence-corrected chi connectivity index (χ0v) is 13.7. The van der Waals surface area contributed by atoms with Gasteiger partial charge in [0.05, 0.1) is 0 Å². The van der Waals surface area contributed by atoms with Crippen LogP contribution >= 0.6 is 23.2 Å². The Kier molecular flexibility index (Phi) is 4.79. The molecule has 2 amide bonds. The molecule has 1 N–H and O–H groups in total. The molecule has 1 aliphatic heterocycles. The number of benzene rings is 1. The fourth-order valence-electron chi connectivity index (χ4n) is 2.36. The molecule has 1 aromatic rings. The van der Waals surface area contributed by atoms with E-state index in [1.165, 1.54) is 0 Å². The van der Waals surface area contributed by atoms with Gasteiger partial charge < -0.3 is 10.2 Å². The lowest BCUT2D eigenvalue weighted by Crippen LogP contribution is -2.63. The molecule has 114 valence electrons. The molecule has 1 aliphatic rings. The van der Waals surface area contributed by atoms with E-state index in [0.717, 1.165) is 5.56 Å². The Bertz CT molecular complexity index is 575. The Morgan fingerprint density at radius 1 is 1.29 bits per heavy atom. The molecular formula is C15H18Cl2N2O2. The Morgan fingerprint density at radius 3 is 2.57 bits per heavy atom. The Balaban J connectivity index is 2.29. The minimum Gasteiger partial charge on any atom is -0.342 e. The van der Waals surface area contributed by atoms with E-state index >= 15 is 0 Å². The molecule has 0 spiro atoms. The predicted molar refractivity (Wildman–Crippen MR) is 83.2 cm³/mol. The summed E-state index contributed by atoms with van der Waals surface area (Å²) in [5.74, 6) is -0.203. The van der Waals surface area contributed by atoms with Gasteiger partial charge in [-0.2, -0.15) is 0 Å². The first kappa shape index (κ1) is 16.1. The summed E-state index contributed by atoms with van der Waals surface area (Å²) < 4.78 is 0. The van der Waals surface area contributed by atoms with Gasteiger partial charge in [-0.25, -0.2) is 0 Å². The molecule has 21 heavy (non-hydrogen) atoms. The topological polar surface area (TPSA) is 49.4 Å². The monoisotopic (exact) mass is 328 g/mol. The van der Waals surface area contributed by atoms with Crippen molar-refractivity contribution in [2.75, 3.05) is 0 Å². The molecule has 6 heteroatoms. The summed E-state index contributed by atoms with van der Waals surface area (Å²) in [6.45, 7) is 5.80. The van der Waals surface area contributed by atoms with Crippen LogP contribution in [0.5, 0.6) is 0 Å². The third-order valence-electron chi connectivity index (χ3n) is 3.71.